The molecule has 4 amide bonds. The molecule has 3 saturated heterocycles. The smallest absolute Gasteiger partial charge is 0.416 e. The maximum absolute atomic E-state index is 13.8. The van der Waals surface area contributed by atoms with Crippen molar-refractivity contribution in [2.75, 3.05) is 30.5 Å². The van der Waals surface area contributed by atoms with E-state index in [-0.39, 0.29) is 47.9 Å². The SMILES string of the molecule is COC(=O)N[C@H](C(=O)N1CCC[C@H]1c1ncc(-c2ccc([C@@H]3CC[C@@H](c4ccc(-c5cccc6c5CN([C@H]5CCCN5C(=O)[C@@H](NC(=O)O)C(C)C)N6)cc4)N3c3ccc(C(F)(F)F)cc3)cc2)[nH]1)C(C)C. The minimum Gasteiger partial charge on any atom is -0.465 e. The molecule has 18 heteroatoms. The van der Waals surface area contributed by atoms with Gasteiger partial charge in [-0.1, -0.05) is 88.4 Å². The van der Waals surface area contributed by atoms with Crippen molar-refractivity contribution in [3.05, 3.63) is 125 Å². The molecule has 0 radical (unpaired) electrons. The topological polar surface area (TPSA) is 175 Å². The molecule has 0 saturated carbocycles. The fraction of sp³-hybridized carbons (Fsp3) is 0.426. The lowest BCUT2D eigenvalue weighted by atomic mass is 9.95. The number of likely N-dealkylation sites (tertiary alicyclic amines) is 2. The first-order valence-electron chi connectivity index (χ1n) is 24.8. The number of rotatable bonds is 13. The molecule has 0 unspecified atom stereocenters. The van der Waals surface area contributed by atoms with Gasteiger partial charge in [-0.15, -0.1) is 0 Å². The quantitative estimate of drug-likeness (QED) is 0.0764. The summed E-state index contributed by atoms with van der Waals surface area (Å²) in [6.45, 7) is 9.01. The van der Waals surface area contributed by atoms with Crippen molar-refractivity contribution < 1.29 is 42.2 Å². The standard InChI is InChI=1S/C54H62F3N9O6/c1-31(2)47(60-52(69)70)51(68)64-28-8-12-46(64)65-30-40-39(9-6-10-41(40)62-65)33-13-17-35(18-14-33)43-25-26-44(66(43)38-23-21-37(22-24-38)54(55,56)57)36-19-15-34(16-20-36)42-29-58-49(59-42)45-11-7-27-63(45)50(67)48(32(3)4)61-53(71)72-5/h6,9-10,13-24,29,31-32,43-48,60,62H,7-8,11-12,25-28,30H2,1-5H3,(H,58,59)(H,61,71)(H,69,70)/t43-,44-,45-,46-,47-,48-/m0/s1. The number of anilines is 2. The van der Waals surface area contributed by atoms with Crippen LogP contribution in [0.1, 0.15) is 112 Å². The lowest BCUT2D eigenvalue weighted by molar-refractivity contribution is -0.138. The van der Waals surface area contributed by atoms with Crippen LogP contribution in [0.15, 0.2) is 97.2 Å². The second kappa shape index (κ2) is 20.6. The van der Waals surface area contributed by atoms with Gasteiger partial charge in [0.25, 0.3) is 0 Å². The van der Waals surface area contributed by atoms with Crippen molar-refractivity contribution in [3.63, 3.8) is 0 Å². The van der Waals surface area contributed by atoms with Crippen LogP contribution < -0.4 is 21.0 Å². The lowest BCUT2D eigenvalue weighted by Gasteiger charge is -2.35. The number of carbonyl (C=O) groups excluding carboxylic acids is 3. The van der Waals surface area contributed by atoms with E-state index in [1.54, 1.807) is 28.1 Å². The molecule has 5 heterocycles. The third-order valence-corrected chi connectivity index (χ3v) is 14.8. The Kier molecular flexibility index (Phi) is 14.3. The number of hydrazine groups is 1. The highest BCUT2D eigenvalue weighted by Crippen LogP contribution is 2.48. The molecule has 0 bridgehead atoms. The van der Waals surface area contributed by atoms with Crippen LogP contribution in [-0.2, 0) is 27.0 Å². The van der Waals surface area contributed by atoms with Gasteiger partial charge in [0, 0.05) is 30.9 Å². The van der Waals surface area contributed by atoms with Crippen LogP contribution in [0.25, 0.3) is 22.4 Å². The Morgan fingerprint density at radius 1 is 0.736 bits per heavy atom. The molecule has 380 valence electrons. The molecule has 9 rings (SSSR count). The second-order valence-corrected chi connectivity index (χ2v) is 19.9. The first kappa shape index (κ1) is 49.9. The van der Waals surface area contributed by atoms with Gasteiger partial charge in [-0.2, -0.15) is 18.2 Å². The summed E-state index contributed by atoms with van der Waals surface area (Å²) in [5, 5.41) is 16.6. The normalized spacial score (nSPS) is 20.9. The van der Waals surface area contributed by atoms with E-state index >= 15 is 0 Å². The van der Waals surface area contributed by atoms with Gasteiger partial charge in [0.15, 0.2) is 0 Å². The average Bonchev–Trinajstić information content (AvgIpc) is 4.23. The number of carboxylic acid groups (broad SMARTS) is 1. The summed E-state index contributed by atoms with van der Waals surface area (Å²) in [5.74, 6) is -0.145. The molecule has 72 heavy (non-hydrogen) atoms. The fourth-order valence-electron chi connectivity index (χ4n) is 11.1. The van der Waals surface area contributed by atoms with Crippen molar-refractivity contribution in [1.82, 2.24) is 35.4 Å². The Hall–Kier alpha value is -7.08. The van der Waals surface area contributed by atoms with Gasteiger partial charge in [-0.3, -0.25) is 9.59 Å². The summed E-state index contributed by atoms with van der Waals surface area (Å²) < 4.78 is 46.2. The first-order chi connectivity index (χ1) is 34.5. The van der Waals surface area contributed by atoms with Crippen molar-refractivity contribution in [1.29, 1.82) is 0 Å². The summed E-state index contributed by atoms with van der Waals surface area (Å²) in [6, 6.07) is 25.9. The molecule has 4 aromatic carbocycles. The summed E-state index contributed by atoms with van der Waals surface area (Å²) in [7, 11) is 1.27. The molecule has 5 N–H and O–H groups in total. The van der Waals surface area contributed by atoms with E-state index in [1.807, 2.05) is 52.0 Å². The molecule has 4 aliphatic heterocycles. The maximum atomic E-state index is 13.8. The van der Waals surface area contributed by atoms with Crippen LogP contribution in [0.3, 0.4) is 0 Å². The highest BCUT2D eigenvalue weighted by molar-refractivity contribution is 5.87. The van der Waals surface area contributed by atoms with Gasteiger partial charge in [0.2, 0.25) is 11.8 Å². The molecule has 1 aromatic heterocycles. The number of ether oxygens (including phenoxy) is 1. The Morgan fingerprint density at radius 3 is 1.94 bits per heavy atom. The van der Waals surface area contributed by atoms with Gasteiger partial charge < -0.3 is 45.6 Å². The summed E-state index contributed by atoms with van der Waals surface area (Å²) in [5.41, 5.74) is 11.3. The molecular weight excluding hydrogens is 928 g/mol. The highest BCUT2D eigenvalue weighted by Gasteiger charge is 2.42. The molecule has 0 spiro atoms. The number of methoxy groups -OCH3 is 1. The van der Waals surface area contributed by atoms with Crippen LogP contribution in [0.4, 0.5) is 34.1 Å². The minimum absolute atomic E-state index is 0.138. The number of nitrogens with zero attached hydrogens (tertiary/aromatic N) is 5. The van der Waals surface area contributed by atoms with E-state index in [0.717, 1.165) is 95.4 Å². The number of hydrogen-bond acceptors (Lipinski definition) is 9. The number of H-pyrrole nitrogens is 1. The van der Waals surface area contributed by atoms with Gasteiger partial charge in [0.1, 0.15) is 24.1 Å². The number of fused-ring (bicyclic) bond motifs is 1. The zero-order valence-electron chi connectivity index (χ0n) is 41.1. The Labute approximate surface area is 417 Å². The fourth-order valence-corrected chi connectivity index (χ4v) is 11.1. The van der Waals surface area contributed by atoms with Crippen LogP contribution in [-0.4, -0.2) is 92.3 Å². The van der Waals surface area contributed by atoms with E-state index < -0.39 is 36.0 Å². The number of benzene rings is 4. The Balaban J connectivity index is 0.934. The Bertz CT molecular complexity index is 2770. The van der Waals surface area contributed by atoms with Crippen molar-refractivity contribution in [2.45, 2.75) is 115 Å². The number of carbonyl (C=O) groups is 4. The maximum Gasteiger partial charge on any atom is 0.416 e. The molecule has 3 fully saturated rings. The number of halogens is 3. The number of amides is 4. The first-order valence-corrected chi connectivity index (χ1v) is 24.8. The summed E-state index contributed by atoms with van der Waals surface area (Å²) >= 11 is 0. The molecule has 5 aromatic rings. The second-order valence-electron chi connectivity index (χ2n) is 19.9. The number of alkyl halides is 3. The third-order valence-electron chi connectivity index (χ3n) is 14.8. The predicted octanol–water partition coefficient (Wildman–Crippen LogP) is 10.3. The Morgan fingerprint density at radius 2 is 1.33 bits per heavy atom. The van der Waals surface area contributed by atoms with Crippen molar-refractivity contribution in [2.24, 2.45) is 11.8 Å². The lowest BCUT2D eigenvalue weighted by Crippen LogP contribution is -2.55. The van der Waals surface area contributed by atoms with Crippen LogP contribution in [0.2, 0.25) is 0 Å². The van der Waals surface area contributed by atoms with Gasteiger partial charge in [-0.05, 0) is 109 Å². The summed E-state index contributed by atoms with van der Waals surface area (Å²) in [4.78, 5) is 65.0. The van der Waals surface area contributed by atoms with E-state index in [2.05, 4.69) is 73.4 Å². The van der Waals surface area contributed by atoms with Gasteiger partial charge in [-0.25, -0.2) is 14.6 Å². The minimum atomic E-state index is -4.47. The predicted molar refractivity (Wildman–Crippen MR) is 266 cm³/mol. The van der Waals surface area contributed by atoms with Crippen molar-refractivity contribution in [3.8, 4) is 22.4 Å². The molecule has 4 aliphatic rings. The number of aromatic amines is 1. The third kappa shape index (κ3) is 10.1. The number of nitrogens with one attached hydrogen (secondary N) is 4. The van der Waals surface area contributed by atoms with E-state index in [1.165, 1.54) is 7.11 Å². The number of imidazole rings is 1. The highest BCUT2D eigenvalue weighted by atomic mass is 19.4. The van der Waals surface area contributed by atoms with E-state index in [9.17, 15) is 37.5 Å². The molecular formula is C54H62F3N9O6. The number of alkyl carbamates (subject to hydrolysis) is 1. The van der Waals surface area contributed by atoms with Crippen LogP contribution in [0, 0.1) is 11.8 Å². The average molecular weight is 990 g/mol. The molecule has 15 nitrogen and oxygen atoms in total. The largest absolute Gasteiger partial charge is 0.465 e. The van der Waals surface area contributed by atoms with E-state index in [0.29, 0.717) is 31.1 Å². The number of aromatic nitrogens is 2. The van der Waals surface area contributed by atoms with Crippen molar-refractivity contribution >= 4 is 35.4 Å². The monoisotopic (exact) mass is 989 g/mol. The van der Waals surface area contributed by atoms with Gasteiger partial charge >= 0.3 is 18.4 Å². The van der Waals surface area contributed by atoms with E-state index in [4.69, 9.17) is 9.72 Å². The number of hydrogen-bond donors (Lipinski definition) is 5. The van der Waals surface area contributed by atoms with Gasteiger partial charge in [0.05, 0.1) is 48.4 Å². The zero-order chi connectivity index (χ0) is 51.0. The van der Waals surface area contributed by atoms with Crippen LogP contribution in [0.5, 0.6) is 0 Å². The molecule has 6 atom stereocenters. The van der Waals surface area contributed by atoms with Crippen LogP contribution >= 0.6 is 0 Å². The molecule has 0 aliphatic carbocycles. The summed E-state index contributed by atoms with van der Waals surface area (Å²) in [6.07, 6.45) is -0.295. The zero-order valence-corrected chi connectivity index (χ0v) is 41.1.